The predicted octanol–water partition coefficient (Wildman–Crippen LogP) is 3.49. The number of carbonyl (C=O) groups excluding carboxylic acids is 1. The van der Waals surface area contributed by atoms with Crippen molar-refractivity contribution in [2.75, 3.05) is 11.9 Å². The third-order valence-electron chi connectivity index (χ3n) is 3.06. The van der Waals surface area contributed by atoms with Gasteiger partial charge in [0, 0.05) is 17.8 Å². The first-order chi connectivity index (χ1) is 10.8. The van der Waals surface area contributed by atoms with Crippen molar-refractivity contribution in [3.8, 4) is 11.4 Å². The highest BCUT2D eigenvalue weighted by atomic mass is 35.5. The average molecular weight is 365 g/mol. The number of rotatable bonds is 6. The van der Waals surface area contributed by atoms with Gasteiger partial charge in [-0.25, -0.2) is 0 Å². The Balaban J connectivity index is 0.00000288. The molecular weight excluding hydrogens is 349 g/mol. The summed E-state index contributed by atoms with van der Waals surface area (Å²) in [7, 11) is 0. The molecular formula is C14H16ClF3N4O2. The SMILES string of the molecule is CCCCNc1cc(-c2noc(C(F)(F)F)n2)ccc1C(N)=O.Cl. The van der Waals surface area contributed by atoms with Crippen LogP contribution in [0.1, 0.15) is 36.0 Å². The zero-order chi connectivity index (χ0) is 17.0. The van der Waals surface area contributed by atoms with Crippen LogP contribution in [0.5, 0.6) is 0 Å². The van der Waals surface area contributed by atoms with Gasteiger partial charge in [0.2, 0.25) is 5.82 Å². The fourth-order valence-electron chi connectivity index (χ4n) is 1.90. The molecule has 1 amide bonds. The molecule has 132 valence electrons. The van der Waals surface area contributed by atoms with E-state index in [4.69, 9.17) is 5.73 Å². The summed E-state index contributed by atoms with van der Waals surface area (Å²) in [6, 6.07) is 4.30. The Labute approximate surface area is 142 Å². The number of hydrogen-bond acceptors (Lipinski definition) is 5. The average Bonchev–Trinajstić information content (AvgIpc) is 2.97. The molecule has 2 rings (SSSR count). The monoisotopic (exact) mass is 364 g/mol. The molecule has 0 saturated heterocycles. The molecule has 3 N–H and O–H groups in total. The van der Waals surface area contributed by atoms with Crippen LogP contribution < -0.4 is 11.1 Å². The minimum absolute atomic E-state index is 0. The van der Waals surface area contributed by atoms with E-state index in [1.54, 1.807) is 0 Å². The molecule has 0 saturated carbocycles. The second-order valence-corrected chi connectivity index (χ2v) is 4.83. The van der Waals surface area contributed by atoms with Gasteiger partial charge >= 0.3 is 12.1 Å². The first-order valence-electron chi connectivity index (χ1n) is 6.92. The fourth-order valence-corrected chi connectivity index (χ4v) is 1.90. The topological polar surface area (TPSA) is 94.0 Å². The molecule has 0 unspecified atom stereocenters. The molecule has 0 aliphatic heterocycles. The zero-order valence-corrected chi connectivity index (χ0v) is 13.5. The fraction of sp³-hybridized carbons (Fsp3) is 0.357. The summed E-state index contributed by atoms with van der Waals surface area (Å²) < 4.78 is 41.7. The summed E-state index contributed by atoms with van der Waals surface area (Å²) in [5.41, 5.74) is 6.24. The Hall–Kier alpha value is -2.29. The van der Waals surface area contributed by atoms with Crippen molar-refractivity contribution in [2.24, 2.45) is 5.73 Å². The van der Waals surface area contributed by atoms with E-state index in [0.717, 1.165) is 12.8 Å². The molecule has 6 nitrogen and oxygen atoms in total. The van der Waals surface area contributed by atoms with E-state index in [0.29, 0.717) is 12.2 Å². The first-order valence-corrected chi connectivity index (χ1v) is 6.92. The largest absolute Gasteiger partial charge is 0.471 e. The van der Waals surface area contributed by atoms with Gasteiger partial charge in [-0.2, -0.15) is 18.2 Å². The summed E-state index contributed by atoms with van der Waals surface area (Å²) in [5, 5.41) is 6.35. The minimum Gasteiger partial charge on any atom is -0.384 e. The number of halogens is 4. The van der Waals surface area contributed by atoms with Crippen LogP contribution in [-0.2, 0) is 6.18 Å². The van der Waals surface area contributed by atoms with Crippen molar-refractivity contribution < 1.29 is 22.5 Å². The van der Waals surface area contributed by atoms with Crippen LogP contribution in [0.25, 0.3) is 11.4 Å². The quantitative estimate of drug-likeness (QED) is 0.765. The molecule has 0 radical (unpaired) electrons. The van der Waals surface area contributed by atoms with Crippen molar-refractivity contribution in [3.05, 3.63) is 29.7 Å². The van der Waals surface area contributed by atoms with E-state index >= 15 is 0 Å². The highest BCUT2D eigenvalue weighted by molar-refractivity contribution is 5.99. The summed E-state index contributed by atoms with van der Waals surface area (Å²) in [6.07, 6.45) is -2.90. The van der Waals surface area contributed by atoms with Crippen LogP contribution >= 0.6 is 12.4 Å². The number of aromatic nitrogens is 2. The number of benzene rings is 1. The summed E-state index contributed by atoms with van der Waals surface area (Å²) in [5.74, 6) is -2.28. The number of unbranched alkanes of at least 4 members (excludes halogenated alkanes) is 1. The number of nitrogens with zero attached hydrogens (tertiary/aromatic N) is 2. The van der Waals surface area contributed by atoms with Crippen LogP contribution in [0.15, 0.2) is 22.7 Å². The van der Waals surface area contributed by atoms with Crippen LogP contribution in [0.4, 0.5) is 18.9 Å². The third kappa shape index (κ3) is 4.60. The lowest BCUT2D eigenvalue weighted by Crippen LogP contribution is -2.15. The second kappa shape index (κ2) is 8.00. The number of hydrogen-bond donors (Lipinski definition) is 2. The standard InChI is InChI=1S/C14H15F3N4O2.ClH/c1-2-3-6-19-10-7-8(4-5-9(10)11(18)22)12-20-13(23-21-12)14(15,16)17;/h4-5,7,19H,2-3,6H2,1H3,(H2,18,22);1H. The van der Waals surface area contributed by atoms with Crippen LogP contribution in [-0.4, -0.2) is 22.6 Å². The van der Waals surface area contributed by atoms with Gasteiger partial charge < -0.3 is 15.6 Å². The number of primary amides is 1. The molecule has 24 heavy (non-hydrogen) atoms. The van der Waals surface area contributed by atoms with Crippen molar-refractivity contribution in [1.82, 2.24) is 10.1 Å². The zero-order valence-electron chi connectivity index (χ0n) is 12.7. The lowest BCUT2D eigenvalue weighted by atomic mass is 10.1. The van der Waals surface area contributed by atoms with E-state index in [1.807, 2.05) is 6.92 Å². The van der Waals surface area contributed by atoms with E-state index in [9.17, 15) is 18.0 Å². The number of nitrogens with one attached hydrogen (secondary N) is 1. The maximum Gasteiger partial charge on any atom is 0.471 e. The Bertz CT molecular complexity index is 704. The Kier molecular flexibility index (Phi) is 6.59. The van der Waals surface area contributed by atoms with Gasteiger partial charge in [-0.05, 0) is 18.6 Å². The van der Waals surface area contributed by atoms with Crippen LogP contribution in [0.2, 0.25) is 0 Å². The summed E-state index contributed by atoms with van der Waals surface area (Å²) >= 11 is 0. The van der Waals surface area contributed by atoms with Gasteiger partial charge in [0.1, 0.15) is 0 Å². The van der Waals surface area contributed by atoms with E-state index in [1.165, 1.54) is 18.2 Å². The molecule has 10 heteroatoms. The molecule has 0 atom stereocenters. The van der Waals surface area contributed by atoms with Gasteiger partial charge in [-0.3, -0.25) is 4.79 Å². The molecule has 0 bridgehead atoms. The minimum atomic E-state index is -4.71. The second-order valence-electron chi connectivity index (χ2n) is 4.83. The highest BCUT2D eigenvalue weighted by Gasteiger charge is 2.38. The van der Waals surface area contributed by atoms with Crippen molar-refractivity contribution >= 4 is 24.0 Å². The van der Waals surface area contributed by atoms with Crippen molar-refractivity contribution in [1.29, 1.82) is 0 Å². The first kappa shape index (κ1) is 19.8. The molecule has 1 aromatic carbocycles. The number of alkyl halides is 3. The van der Waals surface area contributed by atoms with Crippen molar-refractivity contribution in [3.63, 3.8) is 0 Å². The smallest absolute Gasteiger partial charge is 0.384 e. The van der Waals surface area contributed by atoms with Gasteiger partial charge in [-0.1, -0.05) is 24.6 Å². The third-order valence-corrected chi connectivity index (χ3v) is 3.06. The number of anilines is 1. The van der Waals surface area contributed by atoms with Gasteiger partial charge in [-0.15, -0.1) is 12.4 Å². The molecule has 0 fully saturated rings. The molecule has 0 aliphatic rings. The molecule has 1 heterocycles. The predicted molar refractivity (Wildman–Crippen MR) is 83.9 cm³/mol. The highest BCUT2D eigenvalue weighted by Crippen LogP contribution is 2.30. The number of nitrogens with two attached hydrogens (primary N) is 1. The normalized spacial score (nSPS) is 11.0. The summed E-state index contributed by atoms with van der Waals surface area (Å²) in [6.45, 7) is 2.60. The van der Waals surface area contributed by atoms with Crippen LogP contribution in [0, 0.1) is 0 Å². The van der Waals surface area contributed by atoms with Gasteiger partial charge in [0.15, 0.2) is 0 Å². The maximum atomic E-state index is 12.5. The van der Waals surface area contributed by atoms with E-state index in [-0.39, 0.29) is 29.4 Å². The molecule has 1 aromatic heterocycles. The van der Waals surface area contributed by atoms with Gasteiger partial charge in [0.25, 0.3) is 5.91 Å². The van der Waals surface area contributed by atoms with Crippen molar-refractivity contribution in [2.45, 2.75) is 25.9 Å². The Morgan fingerprint density at radius 1 is 1.38 bits per heavy atom. The molecule has 2 aromatic rings. The maximum absolute atomic E-state index is 12.5. The van der Waals surface area contributed by atoms with E-state index in [2.05, 4.69) is 20.0 Å². The number of amides is 1. The number of carbonyl (C=O) groups is 1. The van der Waals surface area contributed by atoms with Crippen LogP contribution in [0.3, 0.4) is 0 Å². The van der Waals surface area contributed by atoms with E-state index < -0.39 is 18.0 Å². The molecule has 0 aliphatic carbocycles. The Morgan fingerprint density at radius 2 is 2.08 bits per heavy atom. The lowest BCUT2D eigenvalue weighted by molar-refractivity contribution is -0.159. The van der Waals surface area contributed by atoms with Gasteiger partial charge in [0.05, 0.1) is 5.56 Å². The Morgan fingerprint density at radius 3 is 2.62 bits per heavy atom. The molecule has 0 spiro atoms. The summed E-state index contributed by atoms with van der Waals surface area (Å²) in [4.78, 5) is 14.7. The lowest BCUT2D eigenvalue weighted by Gasteiger charge is -2.10.